The molecule has 0 spiro atoms. The second-order valence-corrected chi connectivity index (χ2v) is 4.83. The SMILES string of the molecule is CCCCC(C)NC(=O)CCC(C)CCN. The van der Waals surface area contributed by atoms with E-state index in [1.54, 1.807) is 0 Å². The van der Waals surface area contributed by atoms with Crippen LogP contribution in [0, 0.1) is 5.92 Å². The van der Waals surface area contributed by atoms with E-state index in [0.29, 0.717) is 18.4 Å². The fourth-order valence-electron chi connectivity index (χ4n) is 1.74. The molecule has 0 rings (SSSR count). The Morgan fingerprint density at radius 3 is 2.50 bits per heavy atom. The average molecular weight is 228 g/mol. The van der Waals surface area contributed by atoms with Gasteiger partial charge in [0.2, 0.25) is 5.91 Å². The third-order valence-electron chi connectivity index (χ3n) is 2.92. The van der Waals surface area contributed by atoms with Crippen molar-refractivity contribution in [3.63, 3.8) is 0 Å². The Labute approximate surface area is 100 Å². The normalized spacial score (nSPS) is 14.5. The molecule has 0 aromatic carbocycles. The number of rotatable bonds is 9. The fraction of sp³-hybridized carbons (Fsp3) is 0.923. The first-order valence-electron chi connectivity index (χ1n) is 6.59. The lowest BCUT2D eigenvalue weighted by molar-refractivity contribution is -0.122. The molecule has 1 amide bonds. The number of hydrogen-bond donors (Lipinski definition) is 2. The Bertz CT molecular complexity index is 183. The van der Waals surface area contributed by atoms with Crippen LogP contribution in [0.5, 0.6) is 0 Å². The van der Waals surface area contributed by atoms with Crippen LogP contribution in [0.15, 0.2) is 0 Å². The summed E-state index contributed by atoms with van der Waals surface area (Å²) in [6.07, 6.45) is 6.05. The van der Waals surface area contributed by atoms with Crippen LogP contribution in [0.4, 0.5) is 0 Å². The number of carbonyl (C=O) groups excluding carboxylic acids is 1. The molecule has 0 aromatic rings. The van der Waals surface area contributed by atoms with Gasteiger partial charge < -0.3 is 11.1 Å². The molecular formula is C13H28N2O. The second kappa shape index (κ2) is 9.64. The molecule has 0 radical (unpaired) electrons. The Morgan fingerprint density at radius 1 is 1.25 bits per heavy atom. The van der Waals surface area contributed by atoms with Gasteiger partial charge >= 0.3 is 0 Å². The smallest absolute Gasteiger partial charge is 0.220 e. The summed E-state index contributed by atoms with van der Waals surface area (Å²) >= 11 is 0. The van der Waals surface area contributed by atoms with E-state index in [1.165, 1.54) is 12.8 Å². The topological polar surface area (TPSA) is 55.1 Å². The molecule has 0 heterocycles. The molecule has 0 aliphatic rings. The minimum absolute atomic E-state index is 0.187. The van der Waals surface area contributed by atoms with Crippen molar-refractivity contribution in [1.82, 2.24) is 5.32 Å². The van der Waals surface area contributed by atoms with Crippen molar-refractivity contribution in [3.05, 3.63) is 0 Å². The molecule has 0 aliphatic carbocycles. The highest BCUT2D eigenvalue weighted by molar-refractivity contribution is 5.76. The lowest BCUT2D eigenvalue weighted by atomic mass is 10.0. The maximum Gasteiger partial charge on any atom is 0.220 e. The Kier molecular flexibility index (Phi) is 9.30. The summed E-state index contributed by atoms with van der Waals surface area (Å²) in [5.41, 5.74) is 5.47. The number of amides is 1. The summed E-state index contributed by atoms with van der Waals surface area (Å²) in [5, 5.41) is 3.04. The van der Waals surface area contributed by atoms with Gasteiger partial charge in [-0.15, -0.1) is 0 Å². The predicted molar refractivity (Wildman–Crippen MR) is 69.2 cm³/mol. The first kappa shape index (κ1) is 15.4. The van der Waals surface area contributed by atoms with Crippen molar-refractivity contribution in [3.8, 4) is 0 Å². The molecular weight excluding hydrogens is 200 g/mol. The van der Waals surface area contributed by atoms with Crippen LogP contribution in [-0.2, 0) is 4.79 Å². The highest BCUT2D eigenvalue weighted by Crippen LogP contribution is 2.09. The van der Waals surface area contributed by atoms with E-state index >= 15 is 0 Å². The number of carbonyl (C=O) groups is 1. The third kappa shape index (κ3) is 8.72. The monoisotopic (exact) mass is 228 g/mol. The van der Waals surface area contributed by atoms with Crippen LogP contribution >= 0.6 is 0 Å². The third-order valence-corrected chi connectivity index (χ3v) is 2.92. The van der Waals surface area contributed by atoms with Crippen LogP contribution in [-0.4, -0.2) is 18.5 Å². The van der Waals surface area contributed by atoms with Crippen molar-refractivity contribution in [2.24, 2.45) is 11.7 Å². The first-order valence-corrected chi connectivity index (χ1v) is 6.59. The minimum atomic E-state index is 0.187. The molecule has 2 unspecified atom stereocenters. The molecule has 0 aliphatic heterocycles. The van der Waals surface area contributed by atoms with Gasteiger partial charge in [-0.1, -0.05) is 26.7 Å². The van der Waals surface area contributed by atoms with Gasteiger partial charge in [0, 0.05) is 12.5 Å². The maximum absolute atomic E-state index is 11.6. The molecule has 0 bridgehead atoms. The molecule has 0 aromatic heterocycles. The zero-order chi connectivity index (χ0) is 12.4. The molecule has 0 saturated carbocycles. The molecule has 3 nitrogen and oxygen atoms in total. The zero-order valence-electron chi connectivity index (χ0n) is 11.1. The molecule has 0 saturated heterocycles. The molecule has 2 atom stereocenters. The van der Waals surface area contributed by atoms with Crippen LogP contribution in [0.3, 0.4) is 0 Å². The first-order chi connectivity index (χ1) is 7.60. The molecule has 3 heteroatoms. The average Bonchev–Trinajstić information content (AvgIpc) is 2.24. The van der Waals surface area contributed by atoms with E-state index in [1.807, 2.05) is 0 Å². The van der Waals surface area contributed by atoms with Crippen molar-refractivity contribution in [2.75, 3.05) is 6.54 Å². The summed E-state index contributed by atoms with van der Waals surface area (Å²) in [5.74, 6) is 0.745. The minimum Gasteiger partial charge on any atom is -0.354 e. The van der Waals surface area contributed by atoms with E-state index in [9.17, 15) is 4.79 Å². The molecule has 3 N–H and O–H groups in total. The largest absolute Gasteiger partial charge is 0.354 e. The van der Waals surface area contributed by atoms with Crippen LogP contribution < -0.4 is 11.1 Å². The molecule has 0 fully saturated rings. The summed E-state index contributed by atoms with van der Waals surface area (Å²) in [7, 11) is 0. The number of unbranched alkanes of at least 4 members (excludes halogenated alkanes) is 1. The molecule has 96 valence electrons. The van der Waals surface area contributed by atoms with E-state index in [-0.39, 0.29) is 5.91 Å². The Hall–Kier alpha value is -0.570. The van der Waals surface area contributed by atoms with Crippen molar-refractivity contribution >= 4 is 5.91 Å². The van der Waals surface area contributed by atoms with E-state index in [0.717, 1.165) is 25.8 Å². The summed E-state index contributed by atoms with van der Waals surface area (Å²) in [6.45, 7) is 7.12. The quantitative estimate of drug-likeness (QED) is 0.637. The van der Waals surface area contributed by atoms with Gasteiger partial charge in [0.05, 0.1) is 0 Å². The molecule has 16 heavy (non-hydrogen) atoms. The van der Waals surface area contributed by atoms with Crippen molar-refractivity contribution < 1.29 is 4.79 Å². The van der Waals surface area contributed by atoms with Crippen molar-refractivity contribution in [1.29, 1.82) is 0 Å². The second-order valence-electron chi connectivity index (χ2n) is 4.83. The van der Waals surface area contributed by atoms with Gasteiger partial charge in [0.1, 0.15) is 0 Å². The van der Waals surface area contributed by atoms with E-state index in [4.69, 9.17) is 5.73 Å². The summed E-state index contributed by atoms with van der Waals surface area (Å²) < 4.78 is 0. The highest BCUT2D eigenvalue weighted by Gasteiger charge is 2.08. The lowest BCUT2D eigenvalue weighted by Gasteiger charge is -2.14. The van der Waals surface area contributed by atoms with Gasteiger partial charge in [0.15, 0.2) is 0 Å². The van der Waals surface area contributed by atoms with Crippen molar-refractivity contribution in [2.45, 2.75) is 65.3 Å². The lowest BCUT2D eigenvalue weighted by Crippen LogP contribution is -2.32. The predicted octanol–water partition coefficient (Wildman–Crippen LogP) is 2.45. The van der Waals surface area contributed by atoms with E-state index < -0.39 is 0 Å². The van der Waals surface area contributed by atoms with Gasteiger partial charge in [-0.25, -0.2) is 0 Å². The van der Waals surface area contributed by atoms with Gasteiger partial charge in [-0.3, -0.25) is 4.79 Å². The number of hydrogen-bond acceptors (Lipinski definition) is 2. The highest BCUT2D eigenvalue weighted by atomic mass is 16.1. The zero-order valence-corrected chi connectivity index (χ0v) is 11.1. The van der Waals surface area contributed by atoms with Gasteiger partial charge in [-0.05, 0) is 38.6 Å². The summed E-state index contributed by atoms with van der Waals surface area (Å²) in [4.78, 5) is 11.6. The van der Waals surface area contributed by atoms with Crippen LogP contribution in [0.1, 0.15) is 59.3 Å². The maximum atomic E-state index is 11.6. The Morgan fingerprint density at radius 2 is 1.94 bits per heavy atom. The van der Waals surface area contributed by atoms with Gasteiger partial charge in [-0.2, -0.15) is 0 Å². The summed E-state index contributed by atoms with van der Waals surface area (Å²) in [6, 6.07) is 0.317. The van der Waals surface area contributed by atoms with Gasteiger partial charge in [0.25, 0.3) is 0 Å². The Balaban J connectivity index is 3.57. The van der Waals surface area contributed by atoms with E-state index in [2.05, 4.69) is 26.1 Å². The van der Waals surface area contributed by atoms with Crippen LogP contribution in [0.2, 0.25) is 0 Å². The standard InChI is InChI=1S/C13H28N2O/c1-4-5-6-12(3)15-13(16)8-7-11(2)9-10-14/h11-12H,4-10,14H2,1-3H3,(H,15,16). The number of nitrogens with one attached hydrogen (secondary N) is 1. The van der Waals surface area contributed by atoms with Crippen LogP contribution in [0.25, 0.3) is 0 Å². The number of nitrogens with two attached hydrogens (primary N) is 1. The fourth-order valence-corrected chi connectivity index (χ4v) is 1.74.